The predicted octanol–water partition coefficient (Wildman–Crippen LogP) is 3.55. The first-order valence-corrected chi connectivity index (χ1v) is 6.60. The maximum absolute atomic E-state index is 10.5. The zero-order chi connectivity index (χ0) is 13.8. The van der Waals surface area contributed by atoms with Crippen molar-refractivity contribution in [3.05, 3.63) is 58.1 Å². The number of rotatable bonds is 4. The first-order chi connectivity index (χ1) is 9.15. The van der Waals surface area contributed by atoms with Crippen LogP contribution in [0.3, 0.4) is 0 Å². The first kappa shape index (κ1) is 13.9. The number of aliphatic hydroxyl groups is 1. The summed E-state index contributed by atoms with van der Waals surface area (Å²) in [4.78, 5) is 0. The molecule has 4 heteroatoms. The van der Waals surface area contributed by atoms with E-state index < -0.39 is 6.10 Å². The molecule has 0 radical (unpaired) electrons. The standard InChI is InChI=1S/C15H15BrO3/c1-18-12-6-7-14(19-2)13(9-12)15(17)10-4-3-5-11(16)8-10/h3-9,15,17H,1-2H3/t15-/m0/s1. The Bertz CT molecular complexity index is 569. The van der Waals surface area contributed by atoms with Crippen LogP contribution in [0.2, 0.25) is 0 Å². The molecular weight excluding hydrogens is 308 g/mol. The van der Waals surface area contributed by atoms with Crippen molar-refractivity contribution < 1.29 is 14.6 Å². The van der Waals surface area contributed by atoms with E-state index in [1.54, 1.807) is 32.4 Å². The molecular formula is C15H15BrO3. The number of benzene rings is 2. The zero-order valence-electron chi connectivity index (χ0n) is 10.8. The molecule has 2 aromatic rings. The Morgan fingerprint density at radius 2 is 1.84 bits per heavy atom. The minimum atomic E-state index is -0.762. The fraction of sp³-hybridized carbons (Fsp3) is 0.200. The molecule has 0 amide bonds. The Hall–Kier alpha value is -1.52. The Balaban J connectivity index is 2.44. The summed E-state index contributed by atoms with van der Waals surface area (Å²) in [5.41, 5.74) is 1.47. The number of methoxy groups -OCH3 is 2. The van der Waals surface area contributed by atoms with E-state index in [0.717, 1.165) is 10.0 Å². The molecule has 0 spiro atoms. The molecule has 1 N–H and O–H groups in total. The van der Waals surface area contributed by atoms with Gasteiger partial charge in [-0.3, -0.25) is 0 Å². The van der Waals surface area contributed by atoms with Crippen molar-refractivity contribution in [1.29, 1.82) is 0 Å². The third kappa shape index (κ3) is 3.08. The van der Waals surface area contributed by atoms with Gasteiger partial charge in [-0.05, 0) is 35.9 Å². The van der Waals surface area contributed by atoms with Crippen molar-refractivity contribution in [2.24, 2.45) is 0 Å². The maximum atomic E-state index is 10.5. The van der Waals surface area contributed by atoms with Gasteiger partial charge < -0.3 is 14.6 Å². The minimum absolute atomic E-state index is 0.633. The van der Waals surface area contributed by atoms with Crippen molar-refractivity contribution >= 4 is 15.9 Å². The fourth-order valence-electron chi connectivity index (χ4n) is 1.91. The highest BCUT2D eigenvalue weighted by Gasteiger charge is 2.16. The van der Waals surface area contributed by atoms with Gasteiger partial charge >= 0.3 is 0 Å². The van der Waals surface area contributed by atoms with Crippen LogP contribution >= 0.6 is 15.9 Å². The van der Waals surface area contributed by atoms with Gasteiger partial charge in [-0.25, -0.2) is 0 Å². The molecule has 100 valence electrons. The van der Waals surface area contributed by atoms with Gasteiger partial charge in [0, 0.05) is 10.0 Å². The summed E-state index contributed by atoms with van der Waals surface area (Å²) in [5, 5.41) is 10.5. The molecule has 0 unspecified atom stereocenters. The molecule has 0 bridgehead atoms. The van der Waals surface area contributed by atoms with Gasteiger partial charge in [0.15, 0.2) is 0 Å². The van der Waals surface area contributed by atoms with E-state index in [9.17, 15) is 5.11 Å². The third-order valence-corrected chi connectivity index (χ3v) is 3.39. The van der Waals surface area contributed by atoms with Crippen molar-refractivity contribution in [1.82, 2.24) is 0 Å². The molecule has 0 aliphatic heterocycles. The van der Waals surface area contributed by atoms with Crippen LogP contribution in [0.25, 0.3) is 0 Å². The maximum Gasteiger partial charge on any atom is 0.125 e. The minimum Gasteiger partial charge on any atom is -0.497 e. The summed E-state index contributed by atoms with van der Waals surface area (Å²) in [5.74, 6) is 1.32. The summed E-state index contributed by atoms with van der Waals surface area (Å²) in [7, 11) is 3.18. The average Bonchev–Trinajstić information content (AvgIpc) is 2.45. The van der Waals surface area contributed by atoms with Gasteiger partial charge in [0.25, 0.3) is 0 Å². The van der Waals surface area contributed by atoms with Crippen LogP contribution in [-0.4, -0.2) is 19.3 Å². The van der Waals surface area contributed by atoms with Crippen LogP contribution in [-0.2, 0) is 0 Å². The van der Waals surface area contributed by atoms with Crippen molar-refractivity contribution in [3.8, 4) is 11.5 Å². The SMILES string of the molecule is COc1ccc(OC)c([C@@H](O)c2cccc(Br)c2)c1. The summed E-state index contributed by atoms with van der Waals surface area (Å²) >= 11 is 3.40. The predicted molar refractivity (Wildman–Crippen MR) is 77.7 cm³/mol. The van der Waals surface area contributed by atoms with Gasteiger partial charge in [-0.1, -0.05) is 28.1 Å². The molecule has 2 aromatic carbocycles. The topological polar surface area (TPSA) is 38.7 Å². The molecule has 19 heavy (non-hydrogen) atoms. The van der Waals surface area contributed by atoms with E-state index in [1.807, 2.05) is 24.3 Å². The summed E-state index contributed by atoms with van der Waals surface area (Å²) in [6, 6.07) is 12.9. The van der Waals surface area contributed by atoms with Crippen LogP contribution in [0, 0.1) is 0 Å². The molecule has 1 atom stereocenters. The molecule has 0 aromatic heterocycles. The van der Waals surface area contributed by atoms with Crippen LogP contribution in [0.4, 0.5) is 0 Å². The van der Waals surface area contributed by atoms with E-state index in [-0.39, 0.29) is 0 Å². The normalized spacial score (nSPS) is 12.0. The lowest BCUT2D eigenvalue weighted by molar-refractivity contribution is 0.214. The fourth-order valence-corrected chi connectivity index (χ4v) is 2.33. The Labute approximate surface area is 120 Å². The number of halogens is 1. The Kier molecular flexibility index (Phi) is 4.45. The lowest BCUT2D eigenvalue weighted by Crippen LogP contribution is -2.03. The summed E-state index contributed by atoms with van der Waals surface area (Å²) in [6.45, 7) is 0. The highest BCUT2D eigenvalue weighted by Crippen LogP contribution is 2.33. The van der Waals surface area contributed by atoms with E-state index in [2.05, 4.69) is 15.9 Å². The second-order valence-corrected chi connectivity index (χ2v) is 4.98. The zero-order valence-corrected chi connectivity index (χ0v) is 12.3. The summed E-state index contributed by atoms with van der Waals surface area (Å²) < 4.78 is 11.4. The van der Waals surface area contributed by atoms with Gasteiger partial charge in [0.1, 0.15) is 17.6 Å². The smallest absolute Gasteiger partial charge is 0.125 e. The number of hydrogen-bond donors (Lipinski definition) is 1. The second-order valence-electron chi connectivity index (χ2n) is 4.07. The molecule has 0 aliphatic carbocycles. The average molecular weight is 323 g/mol. The molecule has 0 heterocycles. The van der Waals surface area contributed by atoms with E-state index in [0.29, 0.717) is 17.1 Å². The first-order valence-electron chi connectivity index (χ1n) is 5.81. The van der Waals surface area contributed by atoms with E-state index >= 15 is 0 Å². The second kappa shape index (κ2) is 6.08. The molecule has 3 nitrogen and oxygen atoms in total. The number of hydrogen-bond acceptors (Lipinski definition) is 3. The third-order valence-electron chi connectivity index (χ3n) is 2.90. The van der Waals surface area contributed by atoms with Crippen LogP contribution in [0.1, 0.15) is 17.2 Å². The lowest BCUT2D eigenvalue weighted by atomic mass is 10.0. The molecule has 0 fully saturated rings. The van der Waals surface area contributed by atoms with Gasteiger partial charge in [-0.2, -0.15) is 0 Å². The quantitative estimate of drug-likeness (QED) is 0.935. The highest BCUT2D eigenvalue weighted by atomic mass is 79.9. The van der Waals surface area contributed by atoms with Crippen LogP contribution < -0.4 is 9.47 Å². The van der Waals surface area contributed by atoms with E-state index in [4.69, 9.17) is 9.47 Å². The molecule has 2 rings (SSSR count). The van der Waals surface area contributed by atoms with Crippen LogP contribution in [0.5, 0.6) is 11.5 Å². The van der Waals surface area contributed by atoms with E-state index in [1.165, 1.54) is 0 Å². The number of ether oxygens (including phenoxy) is 2. The molecule has 0 saturated heterocycles. The van der Waals surface area contributed by atoms with Crippen molar-refractivity contribution in [2.75, 3.05) is 14.2 Å². The van der Waals surface area contributed by atoms with Gasteiger partial charge in [-0.15, -0.1) is 0 Å². The monoisotopic (exact) mass is 322 g/mol. The number of aliphatic hydroxyl groups excluding tert-OH is 1. The Morgan fingerprint density at radius 3 is 2.47 bits per heavy atom. The van der Waals surface area contributed by atoms with Gasteiger partial charge in [0.05, 0.1) is 14.2 Å². The van der Waals surface area contributed by atoms with Crippen LogP contribution in [0.15, 0.2) is 46.9 Å². The van der Waals surface area contributed by atoms with Crippen molar-refractivity contribution in [2.45, 2.75) is 6.10 Å². The summed E-state index contributed by atoms with van der Waals surface area (Å²) in [6.07, 6.45) is -0.762. The molecule has 0 saturated carbocycles. The Morgan fingerprint density at radius 1 is 1.05 bits per heavy atom. The van der Waals surface area contributed by atoms with Gasteiger partial charge in [0.2, 0.25) is 0 Å². The van der Waals surface area contributed by atoms with Crippen molar-refractivity contribution in [3.63, 3.8) is 0 Å². The highest BCUT2D eigenvalue weighted by molar-refractivity contribution is 9.10. The lowest BCUT2D eigenvalue weighted by Gasteiger charge is -2.16. The largest absolute Gasteiger partial charge is 0.497 e. The molecule has 0 aliphatic rings.